The van der Waals surface area contributed by atoms with E-state index in [9.17, 15) is 9.59 Å². The molecular formula is C20H19NO2. The summed E-state index contributed by atoms with van der Waals surface area (Å²) in [5, 5.41) is 0. The summed E-state index contributed by atoms with van der Waals surface area (Å²) < 4.78 is 0. The van der Waals surface area contributed by atoms with E-state index in [1.165, 1.54) is 6.92 Å². The molecule has 0 fully saturated rings. The van der Waals surface area contributed by atoms with Gasteiger partial charge in [0, 0.05) is 18.9 Å². The number of fused-ring (bicyclic) bond motifs is 1. The third-order valence-corrected chi connectivity index (χ3v) is 4.38. The van der Waals surface area contributed by atoms with E-state index in [4.69, 9.17) is 0 Å². The molecule has 0 saturated carbocycles. The van der Waals surface area contributed by atoms with E-state index in [2.05, 4.69) is 6.58 Å². The van der Waals surface area contributed by atoms with Crippen molar-refractivity contribution in [2.75, 3.05) is 4.90 Å². The molecule has 0 aliphatic carbocycles. The van der Waals surface area contributed by atoms with Crippen LogP contribution in [0.1, 0.15) is 29.3 Å². The standard InChI is InChI=1S/C20H19NO2/c1-3-13-20(14-16-9-5-4-6-10-16)19(23)17-11-7-8-12-18(17)21(20)15(2)22/h3-12H,1,13-14H2,2H3/t20-/m0/s1. The van der Waals surface area contributed by atoms with Gasteiger partial charge in [0.1, 0.15) is 5.54 Å². The van der Waals surface area contributed by atoms with Gasteiger partial charge in [0.15, 0.2) is 5.78 Å². The van der Waals surface area contributed by atoms with Crippen LogP contribution in [0.25, 0.3) is 0 Å². The predicted octanol–water partition coefficient (Wildman–Crippen LogP) is 3.79. The number of hydrogen-bond acceptors (Lipinski definition) is 2. The molecule has 2 aromatic rings. The monoisotopic (exact) mass is 305 g/mol. The molecule has 2 aromatic carbocycles. The van der Waals surface area contributed by atoms with Crippen LogP contribution < -0.4 is 4.90 Å². The van der Waals surface area contributed by atoms with Crippen molar-refractivity contribution in [2.24, 2.45) is 0 Å². The summed E-state index contributed by atoms with van der Waals surface area (Å²) in [6.45, 7) is 5.32. The van der Waals surface area contributed by atoms with Crippen molar-refractivity contribution in [2.45, 2.75) is 25.3 Å². The van der Waals surface area contributed by atoms with Crippen LogP contribution in [0, 0.1) is 0 Å². The van der Waals surface area contributed by atoms with Gasteiger partial charge in [-0.1, -0.05) is 48.5 Å². The molecule has 0 unspecified atom stereocenters. The van der Waals surface area contributed by atoms with Gasteiger partial charge in [0.2, 0.25) is 5.91 Å². The summed E-state index contributed by atoms with van der Waals surface area (Å²) >= 11 is 0. The number of amides is 1. The maximum absolute atomic E-state index is 13.2. The zero-order valence-electron chi connectivity index (χ0n) is 13.2. The average Bonchev–Trinajstić information content (AvgIpc) is 2.78. The summed E-state index contributed by atoms with van der Waals surface area (Å²) in [6, 6.07) is 17.1. The summed E-state index contributed by atoms with van der Waals surface area (Å²) in [5.74, 6) is -0.131. The van der Waals surface area contributed by atoms with E-state index in [-0.39, 0.29) is 11.7 Å². The summed E-state index contributed by atoms with van der Waals surface area (Å²) in [6.07, 6.45) is 2.63. The van der Waals surface area contributed by atoms with Crippen LogP contribution in [-0.2, 0) is 11.2 Å². The van der Waals surface area contributed by atoms with Crippen LogP contribution in [0.4, 0.5) is 5.69 Å². The normalized spacial score (nSPS) is 19.5. The minimum absolute atomic E-state index is 0.00736. The van der Waals surface area contributed by atoms with E-state index < -0.39 is 5.54 Å². The van der Waals surface area contributed by atoms with Crippen LogP contribution in [-0.4, -0.2) is 17.2 Å². The Morgan fingerprint density at radius 2 is 1.78 bits per heavy atom. The first-order chi connectivity index (χ1) is 11.1. The quantitative estimate of drug-likeness (QED) is 0.806. The number of carbonyl (C=O) groups is 2. The SMILES string of the molecule is C=CC[C@]1(Cc2ccccc2)C(=O)c2ccccc2N1C(C)=O. The molecule has 1 atom stereocenters. The maximum atomic E-state index is 13.2. The van der Waals surface area contributed by atoms with Crippen LogP contribution in [0.2, 0.25) is 0 Å². The van der Waals surface area contributed by atoms with E-state index in [0.717, 1.165) is 5.56 Å². The van der Waals surface area contributed by atoms with Crippen molar-refractivity contribution in [3.63, 3.8) is 0 Å². The highest BCUT2D eigenvalue weighted by Gasteiger charge is 2.51. The number of ketones is 1. The summed E-state index contributed by atoms with van der Waals surface area (Å²) in [4.78, 5) is 27.2. The Morgan fingerprint density at radius 3 is 2.43 bits per heavy atom. The van der Waals surface area contributed by atoms with Crippen LogP contribution in [0.3, 0.4) is 0 Å². The van der Waals surface area contributed by atoms with Crippen molar-refractivity contribution >= 4 is 17.4 Å². The minimum Gasteiger partial charge on any atom is -0.298 e. The third kappa shape index (κ3) is 2.38. The fraction of sp³-hybridized carbons (Fsp3) is 0.200. The van der Waals surface area contributed by atoms with Crippen LogP contribution >= 0.6 is 0 Å². The lowest BCUT2D eigenvalue weighted by Gasteiger charge is -2.36. The number of nitrogens with zero attached hydrogens (tertiary/aromatic N) is 1. The molecule has 0 bridgehead atoms. The molecule has 1 aliphatic heterocycles. The second-order valence-electron chi connectivity index (χ2n) is 5.89. The maximum Gasteiger partial charge on any atom is 0.224 e. The fourth-order valence-corrected chi connectivity index (χ4v) is 3.50. The minimum atomic E-state index is -0.918. The zero-order valence-corrected chi connectivity index (χ0v) is 13.2. The Balaban J connectivity index is 2.16. The molecule has 0 aromatic heterocycles. The van der Waals surface area contributed by atoms with Gasteiger partial charge < -0.3 is 0 Å². The first-order valence-corrected chi connectivity index (χ1v) is 7.69. The highest BCUT2D eigenvalue weighted by atomic mass is 16.2. The lowest BCUT2D eigenvalue weighted by Crippen LogP contribution is -2.54. The van der Waals surface area contributed by atoms with Crippen molar-refractivity contribution < 1.29 is 9.59 Å². The summed E-state index contributed by atoms with van der Waals surface area (Å²) in [5.41, 5.74) is 1.42. The zero-order chi connectivity index (χ0) is 16.4. The Hall–Kier alpha value is -2.68. The second kappa shape index (κ2) is 5.84. The molecule has 3 rings (SSSR count). The Labute approximate surface area is 136 Å². The number of para-hydroxylation sites is 1. The first-order valence-electron chi connectivity index (χ1n) is 7.69. The Morgan fingerprint density at radius 1 is 1.13 bits per heavy atom. The predicted molar refractivity (Wildman–Crippen MR) is 91.6 cm³/mol. The molecule has 3 heteroatoms. The highest BCUT2D eigenvalue weighted by molar-refractivity contribution is 6.20. The largest absolute Gasteiger partial charge is 0.298 e. The smallest absolute Gasteiger partial charge is 0.224 e. The lowest BCUT2D eigenvalue weighted by atomic mass is 9.82. The molecule has 0 N–H and O–H groups in total. The molecule has 1 heterocycles. The van der Waals surface area contributed by atoms with Crippen molar-refractivity contribution in [1.29, 1.82) is 0 Å². The Kier molecular flexibility index (Phi) is 3.87. The second-order valence-corrected chi connectivity index (χ2v) is 5.89. The molecule has 0 saturated heterocycles. The summed E-state index contributed by atoms with van der Waals surface area (Å²) in [7, 11) is 0. The molecular weight excluding hydrogens is 286 g/mol. The van der Waals surface area contributed by atoms with E-state index in [1.807, 2.05) is 48.5 Å². The molecule has 23 heavy (non-hydrogen) atoms. The van der Waals surface area contributed by atoms with Gasteiger partial charge >= 0.3 is 0 Å². The van der Waals surface area contributed by atoms with Gasteiger partial charge in [-0.2, -0.15) is 0 Å². The van der Waals surface area contributed by atoms with Gasteiger partial charge in [-0.25, -0.2) is 0 Å². The number of anilines is 1. The lowest BCUT2D eigenvalue weighted by molar-refractivity contribution is -0.117. The topological polar surface area (TPSA) is 37.4 Å². The van der Waals surface area contributed by atoms with Gasteiger partial charge in [-0.05, 0) is 24.1 Å². The number of Topliss-reactive ketones (excluding diaryl/α,β-unsaturated/α-hetero) is 1. The Bertz CT molecular complexity index is 766. The molecule has 1 amide bonds. The van der Waals surface area contributed by atoms with Crippen molar-refractivity contribution in [1.82, 2.24) is 0 Å². The van der Waals surface area contributed by atoms with Gasteiger partial charge in [0.05, 0.1) is 5.69 Å². The van der Waals surface area contributed by atoms with Gasteiger partial charge in [-0.15, -0.1) is 6.58 Å². The number of rotatable bonds is 4. The number of carbonyl (C=O) groups excluding carboxylic acids is 2. The molecule has 3 nitrogen and oxygen atoms in total. The number of benzene rings is 2. The molecule has 116 valence electrons. The van der Waals surface area contributed by atoms with Crippen LogP contribution in [0.15, 0.2) is 67.3 Å². The van der Waals surface area contributed by atoms with Gasteiger partial charge in [0.25, 0.3) is 0 Å². The number of hydrogen-bond donors (Lipinski definition) is 0. The molecule has 0 spiro atoms. The molecule has 1 aliphatic rings. The van der Waals surface area contributed by atoms with E-state index >= 15 is 0 Å². The van der Waals surface area contributed by atoms with E-state index in [0.29, 0.717) is 24.1 Å². The fourth-order valence-electron chi connectivity index (χ4n) is 3.50. The third-order valence-electron chi connectivity index (χ3n) is 4.38. The molecule has 0 radical (unpaired) electrons. The average molecular weight is 305 g/mol. The van der Waals surface area contributed by atoms with Crippen LogP contribution in [0.5, 0.6) is 0 Å². The van der Waals surface area contributed by atoms with Gasteiger partial charge in [-0.3, -0.25) is 14.5 Å². The first kappa shape index (κ1) is 15.2. The highest BCUT2D eigenvalue weighted by Crippen LogP contribution is 2.43. The van der Waals surface area contributed by atoms with Crippen molar-refractivity contribution in [3.8, 4) is 0 Å². The van der Waals surface area contributed by atoms with E-state index in [1.54, 1.807) is 17.0 Å². The van der Waals surface area contributed by atoms with Crippen molar-refractivity contribution in [3.05, 3.63) is 78.4 Å².